The average molecular weight is 499 g/mol. The van der Waals surface area contributed by atoms with Crippen LogP contribution < -0.4 is 0 Å². The number of aliphatic hydroxyl groups is 1. The smallest absolute Gasteiger partial charge is 0.305 e. The summed E-state index contributed by atoms with van der Waals surface area (Å²) in [7, 11) is 1.33. The van der Waals surface area contributed by atoms with Crippen molar-refractivity contribution >= 4 is 17.7 Å². The number of hydrogen-bond donors (Lipinski definition) is 1. The van der Waals surface area contributed by atoms with Gasteiger partial charge in [0, 0.05) is 29.6 Å². The number of ether oxygens (including phenoxy) is 3. The first-order valence-electron chi connectivity index (χ1n) is 12.5. The second-order valence-corrected chi connectivity index (χ2v) is 11.4. The quantitative estimate of drug-likeness (QED) is 0.496. The first kappa shape index (κ1) is 25.0. The highest BCUT2D eigenvalue weighted by molar-refractivity contribution is 5.97. The molecule has 1 aliphatic heterocycles. The van der Waals surface area contributed by atoms with Gasteiger partial charge in [-0.05, 0) is 55.5 Å². The SMILES string of the molecule is COC(=O)C[C@H]1[C@]2(C)C3=C(C)[C@H](c4ccoc4)CC3O[C@@H]2[C@H](OC(C)=O)C2[C@]1(C)C(=O)C=C[C@@]2(C)O. The van der Waals surface area contributed by atoms with Gasteiger partial charge in [0.05, 0.1) is 37.8 Å². The number of rotatable bonds is 4. The van der Waals surface area contributed by atoms with Gasteiger partial charge in [-0.25, -0.2) is 0 Å². The molecule has 1 aromatic heterocycles. The van der Waals surface area contributed by atoms with Crippen LogP contribution in [0.3, 0.4) is 0 Å². The molecule has 0 radical (unpaired) electrons. The lowest BCUT2D eigenvalue weighted by atomic mass is 9.43. The van der Waals surface area contributed by atoms with Crippen LogP contribution in [0.2, 0.25) is 0 Å². The Bertz CT molecular complexity index is 1160. The Balaban J connectivity index is 1.75. The molecule has 3 aliphatic carbocycles. The zero-order valence-electron chi connectivity index (χ0n) is 21.6. The van der Waals surface area contributed by atoms with Crippen molar-refractivity contribution in [2.45, 2.75) is 77.3 Å². The van der Waals surface area contributed by atoms with Crippen LogP contribution in [0.25, 0.3) is 0 Å². The first-order chi connectivity index (χ1) is 16.9. The number of esters is 2. The Morgan fingerprint density at radius 2 is 1.94 bits per heavy atom. The van der Waals surface area contributed by atoms with Crippen LogP contribution >= 0.6 is 0 Å². The minimum atomic E-state index is -1.47. The normalized spacial score (nSPS) is 43.1. The molecule has 4 aliphatic rings. The Morgan fingerprint density at radius 3 is 2.56 bits per heavy atom. The molecule has 8 heteroatoms. The third-order valence-electron chi connectivity index (χ3n) is 9.50. The molecular formula is C28H34O8. The van der Waals surface area contributed by atoms with Gasteiger partial charge in [0.2, 0.25) is 0 Å². The van der Waals surface area contributed by atoms with E-state index in [2.05, 4.69) is 6.92 Å². The lowest BCUT2D eigenvalue weighted by molar-refractivity contribution is -0.232. The van der Waals surface area contributed by atoms with Crippen LogP contribution in [-0.2, 0) is 28.6 Å². The van der Waals surface area contributed by atoms with Crippen molar-refractivity contribution in [1.82, 2.24) is 0 Å². The predicted molar refractivity (Wildman–Crippen MR) is 128 cm³/mol. The molecular weight excluding hydrogens is 464 g/mol. The van der Waals surface area contributed by atoms with Gasteiger partial charge in [-0.2, -0.15) is 0 Å². The fraction of sp³-hybridized carbons (Fsp3) is 0.607. The molecule has 0 amide bonds. The third kappa shape index (κ3) is 3.23. The zero-order chi connectivity index (χ0) is 26.2. The number of hydrogen-bond acceptors (Lipinski definition) is 8. The molecule has 2 fully saturated rings. The van der Waals surface area contributed by atoms with E-state index < -0.39 is 52.4 Å². The molecule has 1 saturated carbocycles. The van der Waals surface area contributed by atoms with E-state index in [1.54, 1.807) is 26.4 Å². The Labute approximate surface area is 210 Å². The molecule has 9 atom stereocenters. The number of fused-ring (bicyclic) bond motifs is 4. The second kappa shape index (κ2) is 8.15. The van der Waals surface area contributed by atoms with Gasteiger partial charge in [0.1, 0.15) is 12.2 Å². The zero-order valence-corrected chi connectivity index (χ0v) is 21.6. The number of carbonyl (C=O) groups excluding carboxylic acids is 3. The maximum atomic E-state index is 13.7. The molecule has 0 aromatic carbocycles. The van der Waals surface area contributed by atoms with Gasteiger partial charge in [0.25, 0.3) is 0 Å². The number of ketones is 1. The summed E-state index contributed by atoms with van der Waals surface area (Å²) >= 11 is 0. The first-order valence-corrected chi connectivity index (χ1v) is 12.5. The molecule has 8 nitrogen and oxygen atoms in total. The van der Waals surface area contributed by atoms with Gasteiger partial charge in [0.15, 0.2) is 5.78 Å². The number of carbonyl (C=O) groups is 3. The van der Waals surface area contributed by atoms with E-state index in [9.17, 15) is 19.5 Å². The number of furan rings is 1. The van der Waals surface area contributed by atoms with E-state index in [0.717, 1.165) is 16.7 Å². The minimum absolute atomic E-state index is 0.0395. The van der Waals surface area contributed by atoms with Gasteiger partial charge in [-0.15, -0.1) is 0 Å². The highest BCUT2D eigenvalue weighted by Gasteiger charge is 2.74. The summed E-state index contributed by atoms with van der Waals surface area (Å²) in [4.78, 5) is 38.9. The summed E-state index contributed by atoms with van der Waals surface area (Å²) in [5.41, 5.74) is -0.344. The predicted octanol–water partition coefficient (Wildman–Crippen LogP) is 3.49. The van der Waals surface area contributed by atoms with Crippen molar-refractivity contribution in [1.29, 1.82) is 0 Å². The molecule has 36 heavy (non-hydrogen) atoms. The van der Waals surface area contributed by atoms with Gasteiger partial charge in [-0.3, -0.25) is 14.4 Å². The monoisotopic (exact) mass is 498 g/mol. The Morgan fingerprint density at radius 1 is 1.22 bits per heavy atom. The summed E-state index contributed by atoms with van der Waals surface area (Å²) in [6.45, 7) is 8.80. The van der Waals surface area contributed by atoms with Gasteiger partial charge < -0.3 is 23.7 Å². The van der Waals surface area contributed by atoms with Crippen molar-refractivity contribution in [3.63, 3.8) is 0 Å². The molecule has 0 bridgehead atoms. The topological polar surface area (TPSA) is 112 Å². The average Bonchev–Trinajstić information content (AvgIpc) is 3.50. The fourth-order valence-corrected chi connectivity index (χ4v) is 8.12. The summed E-state index contributed by atoms with van der Waals surface area (Å²) in [5, 5.41) is 11.5. The van der Waals surface area contributed by atoms with Crippen molar-refractivity contribution in [3.8, 4) is 0 Å². The van der Waals surface area contributed by atoms with E-state index in [0.29, 0.717) is 6.42 Å². The van der Waals surface area contributed by atoms with Crippen LogP contribution in [0.1, 0.15) is 58.9 Å². The van der Waals surface area contributed by atoms with Gasteiger partial charge >= 0.3 is 11.9 Å². The van der Waals surface area contributed by atoms with Gasteiger partial charge in [-0.1, -0.05) is 19.4 Å². The highest BCUT2D eigenvalue weighted by Crippen LogP contribution is 2.69. The lowest BCUT2D eigenvalue weighted by Crippen LogP contribution is -2.70. The third-order valence-corrected chi connectivity index (χ3v) is 9.50. The molecule has 1 saturated heterocycles. The van der Waals surface area contributed by atoms with Crippen LogP contribution in [-0.4, -0.2) is 53.9 Å². The van der Waals surface area contributed by atoms with E-state index in [-0.39, 0.29) is 24.2 Å². The van der Waals surface area contributed by atoms with E-state index >= 15 is 0 Å². The van der Waals surface area contributed by atoms with Crippen LogP contribution in [0.15, 0.2) is 46.3 Å². The minimum Gasteiger partial charge on any atom is -0.472 e. The second-order valence-electron chi connectivity index (χ2n) is 11.4. The van der Waals surface area contributed by atoms with E-state index in [4.69, 9.17) is 18.6 Å². The van der Waals surface area contributed by atoms with Crippen molar-refractivity contribution in [3.05, 3.63) is 47.5 Å². The summed E-state index contributed by atoms with van der Waals surface area (Å²) in [5.74, 6) is -2.49. The molecule has 0 spiro atoms. The molecule has 1 aromatic rings. The largest absolute Gasteiger partial charge is 0.472 e. The van der Waals surface area contributed by atoms with Crippen LogP contribution in [0.5, 0.6) is 0 Å². The molecule has 2 unspecified atom stereocenters. The summed E-state index contributed by atoms with van der Waals surface area (Å²) < 4.78 is 23.0. The molecule has 5 rings (SSSR count). The number of methoxy groups -OCH3 is 1. The highest BCUT2D eigenvalue weighted by atomic mass is 16.6. The molecule has 1 N–H and O–H groups in total. The molecule has 194 valence electrons. The summed E-state index contributed by atoms with van der Waals surface area (Å²) in [6, 6.07) is 1.94. The molecule has 2 heterocycles. The van der Waals surface area contributed by atoms with E-state index in [1.807, 2.05) is 13.0 Å². The standard InChI is InChI=1S/C28H34O8/c1-14-17(16-8-10-34-13-16)11-18-22(14)28(5)19(12-21(31)33-6)27(4)20(30)7-9-26(3,32)24(27)23(25(28)36-18)35-15(2)29/h7-10,13,17-19,23-25,32H,11-12H2,1-6H3/t17-,18?,19-,23-,24?,25-,26-,27+,28-/m1/s1. The fourth-order valence-electron chi connectivity index (χ4n) is 8.12. The van der Waals surface area contributed by atoms with Crippen molar-refractivity contribution in [2.24, 2.45) is 22.7 Å². The summed E-state index contributed by atoms with van der Waals surface area (Å²) in [6.07, 6.45) is 5.04. The Kier molecular flexibility index (Phi) is 5.65. The van der Waals surface area contributed by atoms with Crippen molar-refractivity contribution in [2.75, 3.05) is 7.11 Å². The Hall–Kier alpha value is -2.71. The van der Waals surface area contributed by atoms with Crippen LogP contribution in [0.4, 0.5) is 0 Å². The van der Waals surface area contributed by atoms with Crippen LogP contribution in [0, 0.1) is 22.7 Å². The maximum Gasteiger partial charge on any atom is 0.305 e. The van der Waals surface area contributed by atoms with E-state index in [1.165, 1.54) is 26.2 Å². The number of allylic oxidation sites excluding steroid dienone is 2. The van der Waals surface area contributed by atoms with Crippen molar-refractivity contribution < 1.29 is 38.1 Å². The lowest BCUT2D eigenvalue weighted by Gasteiger charge is -2.62. The maximum absolute atomic E-state index is 13.7.